The Morgan fingerprint density at radius 2 is 2.04 bits per heavy atom. The van der Waals surface area contributed by atoms with Gasteiger partial charge in [0, 0.05) is 23.1 Å². The number of benzene rings is 1. The van der Waals surface area contributed by atoms with Crippen LogP contribution >= 0.6 is 11.8 Å². The van der Waals surface area contributed by atoms with E-state index in [9.17, 15) is 13.2 Å². The normalized spacial score (nSPS) is 29.7. The van der Waals surface area contributed by atoms with Crippen LogP contribution in [-0.4, -0.2) is 26.1 Å². The summed E-state index contributed by atoms with van der Waals surface area (Å²) in [6.07, 6.45) is 6.11. The Bertz CT molecular complexity index is 763. The Balaban J connectivity index is 1.57. The minimum Gasteiger partial charge on any atom is -0.325 e. The van der Waals surface area contributed by atoms with Gasteiger partial charge in [-0.15, -0.1) is 11.8 Å². The van der Waals surface area contributed by atoms with Crippen LogP contribution in [0.3, 0.4) is 0 Å². The topological polar surface area (TPSA) is 75.3 Å². The number of hydrogen-bond donors (Lipinski definition) is 2. The summed E-state index contributed by atoms with van der Waals surface area (Å²) in [6, 6.07) is 5.10. The first-order chi connectivity index (χ1) is 11.5. The first kappa shape index (κ1) is 16.4. The van der Waals surface area contributed by atoms with Crippen molar-refractivity contribution in [3.05, 3.63) is 18.2 Å². The summed E-state index contributed by atoms with van der Waals surface area (Å²) in [7, 11) is -3.56. The summed E-state index contributed by atoms with van der Waals surface area (Å²) in [6.45, 7) is 0. The van der Waals surface area contributed by atoms with E-state index in [2.05, 4.69) is 10.0 Å². The fourth-order valence-corrected chi connectivity index (χ4v) is 6.63. The van der Waals surface area contributed by atoms with Crippen LogP contribution in [0.15, 0.2) is 28.0 Å². The molecule has 0 saturated heterocycles. The third kappa shape index (κ3) is 3.09. The fraction of sp³-hybridized carbons (Fsp3) is 0.588. The molecule has 1 aromatic rings. The number of carbonyl (C=O) groups is 1. The lowest BCUT2D eigenvalue weighted by Crippen LogP contribution is -2.37. The molecule has 1 heterocycles. The summed E-state index contributed by atoms with van der Waals surface area (Å²) in [4.78, 5) is 12.9. The molecular weight excluding hydrogens is 344 g/mol. The number of carbonyl (C=O) groups excluding carboxylic acids is 1. The summed E-state index contributed by atoms with van der Waals surface area (Å²) >= 11 is 1.58. The molecule has 24 heavy (non-hydrogen) atoms. The molecule has 0 aromatic heterocycles. The summed E-state index contributed by atoms with van der Waals surface area (Å²) in [5.74, 6) is 1.85. The summed E-state index contributed by atoms with van der Waals surface area (Å²) in [5.41, 5.74) is 0.607. The summed E-state index contributed by atoms with van der Waals surface area (Å²) < 4.78 is 28.5. The van der Waals surface area contributed by atoms with Gasteiger partial charge in [0.1, 0.15) is 0 Å². The highest BCUT2D eigenvalue weighted by Gasteiger charge is 2.40. The SMILES string of the molecule is O=C1CCSc2ccc(S(=O)(=O)NC3CCC4CCCC43)cc2N1. The van der Waals surface area contributed by atoms with Gasteiger partial charge < -0.3 is 5.32 Å². The largest absolute Gasteiger partial charge is 0.325 e. The van der Waals surface area contributed by atoms with Gasteiger partial charge in [-0.1, -0.05) is 12.8 Å². The molecule has 2 aliphatic carbocycles. The molecule has 5 nitrogen and oxygen atoms in total. The van der Waals surface area contributed by atoms with E-state index in [1.54, 1.807) is 30.0 Å². The zero-order valence-corrected chi connectivity index (χ0v) is 15.1. The Kier molecular flexibility index (Phi) is 4.34. The molecule has 0 radical (unpaired) electrons. The third-order valence-electron chi connectivity index (χ3n) is 5.51. The van der Waals surface area contributed by atoms with E-state index in [0.717, 1.165) is 24.2 Å². The van der Waals surface area contributed by atoms with Crippen LogP contribution < -0.4 is 10.0 Å². The average Bonchev–Trinajstić information content (AvgIpc) is 3.08. The van der Waals surface area contributed by atoms with E-state index in [0.29, 0.717) is 29.7 Å². The van der Waals surface area contributed by atoms with Crippen molar-refractivity contribution < 1.29 is 13.2 Å². The highest BCUT2D eigenvalue weighted by Crippen LogP contribution is 2.44. The van der Waals surface area contributed by atoms with Crippen LogP contribution in [0, 0.1) is 11.8 Å². The Morgan fingerprint density at radius 1 is 1.17 bits per heavy atom. The second-order valence-corrected chi connectivity index (χ2v) is 9.82. The summed E-state index contributed by atoms with van der Waals surface area (Å²) in [5, 5.41) is 2.81. The van der Waals surface area contributed by atoms with Gasteiger partial charge in [0.25, 0.3) is 0 Å². The lowest BCUT2D eigenvalue weighted by atomic mass is 9.98. The fourth-order valence-electron chi connectivity index (χ4n) is 4.34. The van der Waals surface area contributed by atoms with E-state index in [-0.39, 0.29) is 16.8 Å². The van der Waals surface area contributed by atoms with Gasteiger partial charge in [0.2, 0.25) is 15.9 Å². The second-order valence-electron chi connectivity index (χ2n) is 6.96. The maximum Gasteiger partial charge on any atom is 0.240 e. The highest BCUT2D eigenvalue weighted by molar-refractivity contribution is 7.99. The first-order valence-electron chi connectivity index (χ1n) is 8.62. The minimum absolute atomic E-state index is 0.0604. The number of sulfonamides is 1. The molecule has 3 aliphatic rings. The van der Waals surface area contributed by atoms with Crippen LogP contribution in [0.1, 0.15) is 38.5 Å². The zero-order valence-electron chi connectivity index (χ0n) is 13.5. The third-order valence-corrected chi connectivity index (χ3v) is 8.07. The molecular formula is C17H22N2O3S2. The van der Waals surface area contributed by atoms with Crippen LogP contribution in [-0.2, 0) is 14.8 Å². The minimum atomic E-state index is -3.56. The van der Waals surface area contributed by atoms with E-state index in [1.807, 2.05) is 0 Å². The number of amides is 1. The van der Waals surface area contributed by atoms with E-state index in [4.69, 9.17) is 0 Å². The highest BCUT2D eigenvalue weighted by atomic mass is 32.2. The van der Waals surface area contributed by atoms with Gasteiger partial charge in [0.15, 0.2) is 0 Å². The number of thioether (sulfide) groups is 1. The van der Waals surface area contributed by atoms with Gasteiger partial charge in [-0.3, -0.25) is 4.79 Å². The van der Waals surface area contributed by atoms with E-state index < -0.39 is 10.0 Å². The van der Waals surface area contributed by atoms with Gasteiger partial charge >= 0.3 is 0 Å². The molecule has 0 bridgehead atoms. The predicted octanol–water partition coefficient (Wildman–Crippen LogP) is 2.98. The molecule has 1 amide bonds. The Labute approximate surface area is 147 Å². The average molecular weight is 367 g/mol. The molecule has 130 valence electrons. The van der Waals surface area contributed by atoms with Crippen LogP contribution in [0.2, 0.25) is 0 Å². The van der Waals surface area contributed by atoms with Crippen molar-refractivity contribution in [3.63, 3.8) is 0 Å². The van der Waals surface area contributed by atoms with Gasteiger partial charge in [-0.2, -0.15) is 0 Å². The Morgan fingerprint density at radius 3 is 2.92 bits per heavy atom. The van der Waals surface area contributed by atoms with Crippen molar-refractivity contribution in [3.8, 4) is 0 Å². The molecule has 1 aromatic carbocycles. The maximum atomic E-state index is 12.8. The molecule has 2 saturated carbocycles. The molecule has 7 heteroatoms. The zero-order chi connectivity index (χ0) is 16.7. The molecule has 3 atom stereocenters. The van der Waals surface area contributed by atoms with E-state index >= 15 is 0 Å². The molecule has 2 fully saturated rings. The van der Waals surface area contributed by atoms with Crippen molar-refractivity contribution in [2.75, 3.05) is 11.1 Å². The van der Waals surface area contributed by atoms with Crippen molar-refractivity contribution in [1.29, 1.82) is 0 Å². The lowest BCUT2D eigenvalue weighted by molar-refractivity contribution is -0.115. The molecule has 2 N–H and O–H groups in total. The molecule has 4 rings (SSSR count). The first-order valence-corrected chi connectivity index (χ1v) is 11.1. The van der Waals surface area contributed by atoms with Crippen LogP contribution in [0.25, 0.3) is 0 Å². The van der Waals surface area contributed by atoms with Crippen molar-refractivity contribution in [1.82, 2.24) is 4.72 Å². The van der Waals surface area contributed by atoms with Crippen molar-refractivity contribution in [2.24, 2.45) is 11.8 Å². The number of fused-ring (bicyclic) bond motifs is 2. The Hall–Kier alpha value is -1.05. The number of rotatable bonds is 3. The number of nitrogens with one attached hydrogen (secondary N) is 2. The van der Waals surface area contributed by atoms with Crippen LogP contribution in [0.4, 0.5) is 5.69 Å². The van der Waals surface area contributed by atoms with Crippen LogP contribution in [0.5, 0.6) is 0 Å². The predicted molar refractivity (Wildman–Crippen MR) is 94.6 cm³/mol. The maximum absolute atomic E-state index is 12.8. The standard InChI is InChI=1S/C17H22N2O3S2/c20-17-8-9-23-16-7-5-12(10-15(16)18-17)24(21,22)19-14-6-4-11-2-1-3-13(11)14/h5,7,10-11,13-14,19H,1-4,6,8-9H2,(H,18,20). The molecule has 1 aliphatic heterocycles. The van der Waals surface area contributed by atoms with Gasteiger partial charge in [0.05, 0.1) is 10.6 Å². The van der Waals surface area contributed by atoms with E-state index in [1.165, 1.54) is 12.8 Å². The monoisotopic (exact) mass is 366 g/mol. The van der Waals surface area contributed by atoms with Crippen molar-refractivity contribution in [2.45, 2.75) is 54.4 Å². The quantitative estimate of drug-likeness (QED) is 0.862. The number of hydrogen-bond acceptors (Lipinski definition) is 4. The number of anilines is 1. The van der Waals surface area contributed by atoms with Gasteiger partial charge in [-0.05, 0) is 49.3 Å². The van der Waals surface area contributed by atoms with Crippen molar-refractivity contribution >= 4 is 33.4 Å². The second kappa shape index (κ2) is 6.35. The molecule has 0 spiro atoms. The smallest absolute Gasteiger partial charge is 0.240 e. The molecule has 3 unspecified atom stereocenters. The lowest BCUT2D eigenvalue weighted by Gasteiger charge is -2.20. The van der Waals surface area contributed by atoms with Gasteiger partial charge in [-0.25, -0.2) is 13.1 Å².